The van der Waals surface area contributed by atoms with E-state index in [1.165, 1.54) is 11.3 Å². The summed E-state index contributed by atoms with van der Waals surface area (Å²) in [6, 6.07) is 12.0. The van der Waals surface area contributed by atoms with E-state index in [4.69, 9.17) is 16.3 Å². The number of nitrogens with zero attached hydrogens (tertiary/aromatic N) is 1. The number of aryl methyl sites for hydroxylation is 1. The van der Waals surface area contributed by atoms with Crippen LogP contribution in [-0.2, 0) is 14.8 Å². The lowest BCUT2D eigenvalue weighted by Crippen LogP contribution is -2.20. The Hall–Kier alpha value is -2.62. The highest BCUT2D eigenvalue weighted by Crippen LogP contribution is 2.26. The molecule has 0 aliphatic carbocycles. The lowest BCUT2D eigenvalue weighted by Gasteiger charge is -2.07. The molecule has 0 spiro atoms. The van der Waals surface area contributed by atoms with Gasteiger partial charge < -0.3 is 4.74 Å². The molecule has 10 heteroatoms. The number of rotatable bonds is 7. The first kappa shape index (κ1) is 21.1. The molecule has 3 aromatic rings. The highest BCUT2D eigenvalue weighted by atomic mass is 35.5. The number of hydrogen-bond donors (Lipinski definition) is 2. The number of anilines is 2. The number of ether oxygens (including phenoxy) is 1. The molecule has 3 rings (SSSR count). The molecular formula is C19H18ClN3O4S2. The quantitative estimate of drug-likeness (QED) is 0.562. The average Bonchev–Trinajstić information content (AvgIpc) is 3.10. The van der Waals surface area contributed by atoms with Gasteiger partial charge in [0.1, 0.15) is 5.75 Å². The van der Waals surface area contributed by atoms with Gasteiger partial charge in [-0.3, -0.25) is 14.8 Å². The topological polar surface area (TPSA) is 97.4 Å². The van der Waals surface area contributed by atoms with Crippen molar-refractivity contribution < 1.29 is 17.9 Å². The van der Waals surface area contributed by atoms with Crippen LogP contribution in [0.25, 0.3) is 11.3 Å². The Bertz CT molecular complexity index is 1130. The lowest BCUT2D eigenvalue weighted by molar-refractivity contribution is -0.118. The van der Waals surface area contributed by atoms with E-state index in [2.05, 4.69) is 15.0 Å². The zero-order valence-electron chi connectivity index (χ0n) is 15.6. The van der Waals surface area contributed by atoms with Crippen molar-refractivity contribution in [3.05, 3.63) is 58.4 Å². The highest BCUT2D eigenvalue weighted by Gasteiger charge is 2.10. The van der Waals surface area contributed by atoms with Gasteiger partial charge in [0.2, 0.25) is 10.0 Å². The summed E-state index contributed by atoms with van der Waals surface area (Å²) >= 11 is 7.25. The monoisotopic (exact) mass is 451 g/mol. The minimum Gasteiger partial charge on any atom is -0.484 e. The van der Waals surface area contributed by atoms with Gasteiger partial charge in [-0.1, -0.05) is 23.7 Å². The van der Waals surface area contributed by atoms with Crippen LogP contribution in [0.2, 0.25) is 5.02 Å². The van der Waals surface area contributed by atoms with Crippen molar-refractivity contribution in [2.24, 2.45) is 0 Å². The fourth-order valence-electron chi connectivity index (χ4n) is 2.40. The van der Waals surface area contributed by atoms with Crippen molar-refractivity contribution in [2.45, 2.75) is 6.92 Å². The maximum absolute atomic E-state index is 12.1. The van der Waals surface area contributed by atoms with Crippen LogP contribution < -0.4 is 14.8 Å². The summed E-state index contributed by atoms with van der Waals surface area (Å²) in [6.45, 7) is 1.71. The summed E-state index contributed by atoms with van der Waals surface area (Å²) in [6.07, 6.45) is 1.09. The number of halogens is 1. The number of sulfonamides is 1. The van der Waals surface area contributed by atoms with E-state index < -0.39 is 10.0 Å². The molecule has 0 atom stereocenters. The second-order valence-electron chi connectivity index (χ2n) is 6.24. The van der Waals surface area contributed by atoms with Gasteiger partial charge in [-0.25, -0.2) is 13.4 Å². The second-order valence-corrected chi connectivity index (χ2v) is 9.25. The summed E-state index contributed by atoms with van der Waals surface area (Å²) in [5.74, 6) is 0.232. The van der Waals surface area contributed by atoms with E-state index in [1.54, 1.807) is 47.8 Å². The third-order valence-electron chi connectivity index (χ3n) is 3.73. The van der Waals surface area contributed by atoms with Crippen LogP contribution in [0.5, 0.6) is 5.75 Å². The molecule has 0 unspecified atom stereocenters. The lowest BCUT2D eigenvalue weighted by atomic mass is 10.1. The summed E-state index contributed by atoms with van der Waals surface area (Å²) in [5.41, 5.74) is 2.81. The van der Waals surface area contributed by atoms with Crippen LogP contribution >= 0.6 is 22.9 Å². The number of thiazole rings is 1. The molecule has 29 heavy (non-hydrogen) atoms. The van der Waals surface area contributed by atoms with Gasteiger partial charge in [-0.05, 0) is 42.8 Å². The SMILES string of the molecule is Cc1cc(OCC(=O)Nc2nc(-c3ccc(NS(C)(=O)=O)cc3)cs2)ccc1Cl. The van der Waals surface area contributed by atoms with Gasteiger partial charge in [0.15, 0.2) is 11.7 Å². The molecule has 1 aromatic heterocycles. The molecule has 2 N–H and O–H groups in total. The van der Waals surface area contributed by atoms with Crippen LogP contribution in [0.3, 0.4) is 0 Å². The fourth-order valence-corrected chi connectivity index (χ4v) is 3.82. The number of carbonyl (C=O) groups excluding carboxylic acids is 1. The van der Waals surface area contributed by atoms with Crippen molar-refractivity contribution in [2.75, 3.05) is 22.9 Å². The minimum absolute atomic E-state index is 0.151. The summed E-state index contributed by atoms with van der Waals surface area (Å²) in [7, 11) is -3.32. The number of nitrogens with one attached hydrogen (secondary N) is 2. The van der Waals surface area contributed by atoms with Crippen molar-refractivity contribution >= 4 is 49.7 Å². The number of hydrogen-bond acceptors (Lipinski definition) is 6. The molecule has 0 fully saturated rings. The van der Waals surface area contributed by atoms with Crippen molar-refractivity contribution in [1.82, 2.24) is 4.98 Å². The van der Waals surface area contributed by atoms with E-state index >= 15 is 0 Å². The van der Waals surface area contributed by atoms with E-state index in [0.29, 0.717) is 27.3 Å². The Morgan fingerprint density at radius 3 is 2.59 bits per heavy atom. The summed E-state index contributed by atoms with van der Waals surface area (Å²) < 4.78 is 30.4. The van der Waals surface area contributed by atoms with Crippen LogP contribution in [0.15, 0.2) is 47.8 Å². The standard InChI is InChI=1S/C19H18ClN3O4S2/c1-12-9-15(7-8-16(12)20)27-10-18(24)22-19-21-17(11-28-19)13-3-5-14(6-4-13)23-29(2,25)26/h3-9,11,23H,10H2,1-2H3,(H,21,22,24). The molecule has 1 amide bonds. The average molecular weight is 452 g/mol. The highest BCUT2D eigenvalue weighted by molar-refractivity contribution is 7.92. The maximum Gasteiger partial charge on any atom is 0.264 e. The molecule has 0 radical (unpaired) electrons. The van der Waals surface area contributed by atoms with Crippen LogP contribution in [0.1, 0.15) is 5.56 Å². The normalized spacial score (nSPS) is 11.1. The van der Waals surface area contributed by atoms with Gasteiger partial charge in [0, 0.05) is 21.7 Å². The molecule has 0 saturated carbocycles. The van der Waals surface area contributed by atoms with Crippen LogP contribution in [0, 0.1) is 6.92 Å². The van der Waals surface area contributed by atoms with Gasteiger partial charge in [0.05, 0.1) is 11.9 Å². The molecule has 2 aromatic carbocycles. The summed E-state index contributed by atoms with van der Waals surface area (Å²) in [4.78, 5) is 16.5. The van der Waals surface area contributed by atoms with Gasteiger partial charge in [-0.15, -0.1) is 11.3 Å². The third kappa shape index (κ3) is 6.18. The largest absolute Gasteiger partial charge is 0.484 e. The molecular weight excluding hydrogens is 434 g/mol. The van der Waals surface area contributed by atoms with E-state index in [0.717, 1.165) is 17.4 Å². The Morgan fingerprint density at radius 1 is 1.21 bits per heavy atom. The maximum atomic E-state index is 12.1. The van der Waals surface area contributed by atoms with Crippen molar-refractivity contribution in [3.8, 4) is 17.0 Å². The smallest absolute Gasteiger partial charge is 0.264 e. The first-order valence-electron chi connectivity index (χ1n) is 8.42. The van der Waals surface area contributed by atoms with E-state index in [9.17, 15) is 13.2 Å². The van der Waals surface area contributed by atoms with Crippen LogP contribution in [-0.4, -0.2) is 32.2 Å². The number of amides is 1. The Labute approximate surface area is 177 Å². The van der Waals surface area contributed by atoms with Gasteiger partial charge in [0.25, 0.3) is 5.91 Å². The predicted molar refractivity (Wildman–Crippen MR) is 116 cm³/mol. The first-order valence-corrected chi connectivity index (χ1v) is 11.6. The van der Waals surface area contributed by atoms with Gasteiger partial charge >= 0.3 is 0 Å². The van der Waals surface area contributed by atoms with Crippen molar-refractivity contribution in [3.63, 3.8) is 0 Å². The van der Waals surface area contributed by atoms with E-state index in [1.807, 2.05) is 6.92 Å². The summed E-state index contributed by atoms with van der Waals surface area (Å²) in [5, 5.41) is 5.58. The third-order valence-corrected chi connectivity index (χ3v) is 5.52. The molecule has 7 nitrogen and oxygen atoms in total. The van der Waals surface area contributed by atoms with E-state index in [-0.39, 0.29) is 12.5 Å². The minimum atomic E-state index is -3.32. The zero-order chi connectivity index (χ0) is 21.0. The van der Waals surface area contributed by atoms with Gasteiger partial charge in [-0.2, -0.15) is 0 Å². The molecule has 0 saturated heterocycles. The molecule has 0 bridgehead atoms. The fraction of sp³-hybridized carbons (Fsp3) is 0.158. The second kappa shape index (κ2) is 8.81. The molecule has 0 aliphatic heterocycles. The predicted octanol–water partition coefficient (Wildman–Crippen LogP) is 4.16. The first-order chi connectivity index (χ1) is 13.7. The van der Waals surface area contributed by atoms with Crippen LogP contribution in [0.4, 0.5) is 10.8 Å². The number of aromatic nitrogens is 1. The Morgan fingerprint density at radius 2 is 1.93 bits per heavy atom. The van der Waals surface area contributed by atoms with Crippen molar-refractivity contribution in [1.29, 1.82) is 0 Å². The number of benzene rings is 2. The Kier molecular flexibility index (Phi) is 6.41. The zero-order valence-corrected chi connectivity index (χ0v) is 18.0. The molecule has 0 aliphatic rings. The molecule has 1 heterocycles. The molecule has 152 valence electrons. The Balaban J connectivity index is 1.58. The number of carbonyl (C=O) groups is 1.